The minimum Gasteiger partial charge on any atom is -0.461 e. The first-order valence-corrected chi connectivity index (χ1v) is 10.3. The summed E-state index contributed by atoms with van der Waals surface area (Å²) in [6.07, 6.45) is -2.75. The Morgan fingerprint density at radius 3 is 2.47 bits per heavy atom. The minimum absolute atomic E-state index is 0.309. The van der Waals surface area contributed by atoms with Crippen molar-refractivity contribution in [3.05, 3.63) is 70.8 Å². The molecule has 3 atom stereocenters. The Kier molecular flexibility index (Phi) is 5.21. The molecule has 0 spiro atoms. The third kappa shape index (κ3) is 3.87. The molecular formula is C24H22ClF3O2. The third-order valence-corrected chi connectivity index (χ3v) is 6.62. The number of alkyl halides is 3. The van der Waals surface area contributed by atoms with Gasteiger partial charge in [0.2, 0.25) is 0 Å². The zero-order valence-corrected chi connectivity index (χ0v) is 17.4. The Morgan fingerprint density at radius 1 is 1.10 bits per heavy atom. The minimum atomic E-state index is -4.60. The lowest BCUT2D eigenvalue weighted by atomic mass is 9.97. The van der Waals surface area contributed by atoms with Gasteiger partial charge in [-0.1, -0.05) is 80.1 Å². The van der Waals surface area contributed by atoms with Crippen LogP contribution in [0.25, 0.3) is 11.1 Å². The van der Waals surface area contributed by atoms with E-state index < -0.39 is 34.4 Å². The molecule has 4 rings (SSSR count). The summed E-state index contributed by atoms with van der Waals surface area (Å²) in [5.41, 5.74) is 3.92. The van der Waals surface area contributed by atoms with Crippen LogP contribution in [-0.4, -0.2) is 18.2 Å². The van der Waals surface area contributed by atoms with E-state index in [1.165, 1.54) is 0 Å². The number of fused-ring (bicyclic) bond motifs is 1. The van der Waals surface area contributed by atoms with E-state index in [1.807, 2.05) is 42.5 Å². The summed E-state index contributed by atoms with van der Waals surface area (Å²) in [4.78, 5) is 12.7. The molecule has 0 aromatic heterocycles. The fourth-order valence-electron chi connectivity index (χ4n) is 4.51. The van der Waals surface area contributed by atoms with Gasteiger partial charge in [0.15, 0.2) is 0 Å². The molecule has 0 radical (unpaired) electrons. The van der Waals surface area contributed by atoms with Crippen molar-refractivity contribution in [3.63, 3.8) is 0 Å². The SMILES string of the molecule is CC1(C)C(C=C(Cl)C(F)(F)F)C1C(=O)OC1Cc2cccc(-c3ccccc3)c2C1. The monoisotopic (exact) mass is 434 g/mol. The summed E-state index contributed by atoms with van der Waals surface area (Å²) in [6, 6.07) is 16.1. The van der Waals surface area contributed by atoms with Gasteiger partial charge in [0, 0.05) is 12.8 Å². The fraction of sp³-hybridized carbons (Fsp3) is 0.375. The Balaban J connectivity index is 1.47. The van der Waals surface area contributed by atoms with Gasteiger partial charge in [0.05, 0.1) is 5.92 Å². The maximum atomic E-state index is 12.8. The molecule has 0 saturated heterocycles. The third-order valence-electron chi connectivity index (χ3n) is 6.28. The smallest absolute Gasteiger partial charge is 0.426 e. The quantitative estimate of drug-likeness (QED) is 0.526. The number of ether oxygens (including phenoxy) is 1. The standard InChI is InChI=1S/C24H22ClF3O2/c1-23(2)19(13-20(25)24(26,27)28)21(23)22(29)30-16-11-15-9-6-10-17(18(15)12-16)14-7-4-3-5-8-14/h3-10,13,16,19,21H,11-12H2,1-2H3. The Labute approximate surface area is 178 Å². The van der Waals surface area contributed by atoms with Crippen molar-refractivity contribution in [2.75, 3.05) is 0 Å². The van der Waals surface area contributed by atoms with Crippen LogP contribution in [0.5, 0.6) is 0 Å². The molecule has 2 aromatic carbocycles. The average Bonchev–Trinajstić information content (AvgIpc) is 3.01. The van der Waals surface area contributed by atoms with Gasteiger partial charge < -0.3 is 4.74 Å². The second kappa shape index (κ2) is 7.45. The summed E-state index contributed by atoms with van der Waals surface area (Å²) >= 11 is 5.38. The van der Waals surface area contributed by atoms with Gasteiger partial charge in [0.1, 0.15) is 11.1 Å². The van der Waals surface area contributed by atoms with Crippen LogP contribution in [0.4, 0.5) is 13.2 Å². The van der Waals surface area contributed by atoms with E-state index in [1.54, 1.807) is 13.8 Å². The molecule has 1 fully saturated rings. The predicted molar refractivity (Wildman–Crippen MR) is 110 cm³/mol. The van der Waals surface area contributed by atoms with Crippen LogP contribution >= 0.6 is 11.6 Å². The van der Waals surface area contributed by atoms with Gasteiger partial charge in [-0.05, 0) is 33.6 Å². The molecule has 30 heavy (non-hydrogen) atoms. The molecule has 1 saturated carbocycles. The molecule has 2 aromatic rings. The number of hydrogen-bond donors (Lipinski definition) is 0. The zero-order valence-electron chi connectivity index (χ0n) is 16.7. The highest BCUT2D eigenvalue weighted by molar-refractivity contribution is 6.30. The molecule has 2 aliphatic rings. The van der Waals surface area contributed by atoms with Crippen molar-refractivity contribution in [3.8, 4) is 11.1 Å². The molecule has 2 nitrogen and oxygen atoms in total. The molecular weight excluding hydrogens is 413 g/mol. The van der Waals surface area contributed by atoms with Crippen LogP contribution in [0.1, 0.15) is 25.0 Å². The molecule has 6 heteroatoms. The molecule has 0 heterocycles. The number of allylic oxidation sites excluding steroid dienone is 2. The summed E-state index contributed by atoms with van der Waals surface area (Å²) in [6.45, 7) is 3.52. The van der Waals surface area contributed by atoms with E-state index in [2.05, 4.69) is 6.07 Å². The van der Waals surface area contributed by atoms with Gasteiger partial charge in [-0.15, -0.1) is 0 Å². The van der Waals surface area contributed by atoms with Crippen molar-refractivity contribution in [1.82, 2.24) is 0 Å². The van der Waals surface area contributed by atoms with Gasteiger partial charge in [-0.2, -0.15) is 13.2 Å². The fourth-order valence-corrected chi connectivity index (χ4v) is 4.65. The maximum absolute atomic E-state index is 12.8. The van der Waals surface area contributed by atoms with Gasteiger partial charge >= 0.3 is 12.1 Å². The molecule has 0 amide bonds. The van der Waals surface area contributed by atoms with Gasteiger partial charge in [0.25, 0.3) is 0 Å². The van der Waals surface area contributed by atoms with E-state index in [9.17, 15) is 18.0 Å². The van der Waals surface area contributed by atoms with E-state index in [4.69, 9.17) is 16.3 Å². The summed E-state index contributed by atoms with van der Waals surface area (Å²) in [7, 11) is 0. The lowest BCUT2D eigenvalue weighted by molar-refractivity contribution is -0.151. The highest BCUT2D eigenvalue weighted by Gasteiger charge is 2.62. The van der Waals surface area contributed by atoms with E-state index in [-0.39, 0.29) is 6.10 Å². The molecule has 158 valence electrons. The van der Waals surface area contributed by atoms with Crippen molar-refractivity contribution in [2.45, 2.75) is 39.0 Å². The van der Waals surface area contributed by atoms with E-state index in [0.717, 1.165) is 28.3 Å². The number of carbonyl (C=O) groups excluding carboxylic acids is 1. The first-order chi connectivity index (χ1) is 14.1. The Morgan fingerprint density at radius 2 is 1.80 bits per heavy atom. The lowest BCUT2D eigenvalue weighted by Gasteiger charge is -2.12. The molecule has 0 N–H and O–H groups in total. The summed E-state index contributed by atoms with van der Waals surface area (Å²) < 4.78 is 44.0. The first-order valence-electron chi connectivity index (χ1n) is 9.90. The topological polar surface area (TPSA) is 26.3 Å². The summed E-state index contributed by atoms with van der Waals surface area (Å²) in [5, 5.41) is -1.18. The maximum Gasteiger partial charge on any atom is 0.426 e. The predicted octanol–water partition coefficient (Wildman–Crippen LogP) is 6.32. The largest absolute Gasteiger partial charge is 0.461 e. The first kappa shape index (κ1) is 21.0. The highest BCUT2D eigenvalue weighted by atomic mass is 35.5. The van der Waals surface area contributed by atoms with Crippen molar-refractivity contribution >= 4 is 17.6 Å². The average molecular weight is 435 g/mol. The summed E-state index contributed by atoms with van der Waals surface area (Å²) in [5.74, 6) is -1.65. The zero-order chi connectivity index (χ0) is 21.7. The van der Waals surface area contributed by atoms with E-state index >= 15 is 0 Å². The molecule has 3 unspecified atom stereocenters. The number of benzene rings is 2. The molecule has 0 aliphatic heterocycles. The number of carbonyl (C=O) groups is 1. The lowest BCUT2D eigenvalue weighted by Crippen LogP contribution is -2.21. The van der Waals surface area contributed by atoms with Crippen molar-refractivity contribution in [2.24, 2.45) is 17.3 Å². The van der Waals surface area contributed by atoms with E-state index in [0.29, 0.717) is 12.8 Å². The van der Waals surface area contributed by atoms with Crippen LogP contribution in [-0.2, 0) is 22.4 Å². The second-order valence-electron chi connectivity index (χ2n) is 8.61. The van der Waals surface area contributed by atoms with Crippen LogP contribution in [0.15, 0.2) is 59.6 Å². The van der Waals surface area contributed by atoms with Crippen LogP contribution < -0.4 is 0 Å². The van der Waals surface area contributed by atoms with Crippen molar-refractivity contribution in [1.29, 1.82) is 0 Å². The second-order valence-corrected chi connectivity index (χ2v) is 9.02. The van der Waals surface area contributed by atoms with Crippen LogP contribution in [0.2, 0.25) is 0 Å². The number of halogens is 4. The molecule has 0 bridgehead atoms. The Hall–Kier alpha value is -2.27. The number of esters is 1. The van der Waals surface area contributed by atoms with Crippen LogP contribution in [0.3, 0.4) is 0 Å². The van der Waals surface area contributed by atoms with Crippen LogP contribution in [0, 0.1) is 17.3 Å². The molecule has 2 aliphatic carbocycles. The van der Waals surface area contributed by atoms with Gasteiger partial charge in [-0.25, -0.2) is 0 Å². The highest BCUT2D eigenvalue weighted by Crippen LogP contribution is 2.60. The Bertz CT molecular complexity index is 995. The van der Waals surface area contributed by atoms with Gasteiger partial charge in [-0.3, -0.25) is 4.79 Å². The number of rotatable bonds is 4. The van der Waals surface area contributed by atoms with Crippen molar-refractivity contribution < 1.29 is 22.7 Å². The normalized spacial score (nSPS) is 25.0. The number of hydrogen-bond acceptors (Lipinski definition) is 2.